The second-order valence-corrected chi connectivity index (χ2v) is 8.90. The summed E-state index contributed by atoms with van der Waals surface area (Å²) in [6.07, 6.45) is 3.64. The zero-order valence-corrected chi connectivity index (χ0v) is 12.6. The Balaban J connectivity index is 2.27. The zero-order chi connectivity index (χ0) is 13.8. The molecular weight excluding hydrogens is 281 g/mol. The first-order valence-corrected chi connectivity index (χ1v) is 9.24. The van der Waals surface area contributed by atoms with Crippen molar-refractivity contribution in [3.8, 4) is 0 Å². The van der Waals surface area contributed by atoms with Gasteiger partial charge in [-0.3, -0.25) is 4.98 Å². The van der Waals surface area contributed by atoms with Crippen LogP contribution in [-0.4, -0.2) is 4.98 Å². The molecule has 3 heteroatoms. The molecule has 0 radical (unpaired) electrons. The normalized spacial score (nSPS) is 11.2. The molecule has 3 aromatic rings. The van der Waals surface area contributed by atoms with E-state index in [1.165, 1.54) is 15.9 Å². The number of pyridine rings is 1. The first-order valence-electron chi connectivity index (χ1n) is 6.44. The van der Waals surface area contributed by atoms with Crippen molar-refractivity contribution in [2.45, 2.75) is 0 Å². The van der Waals surface area contributed by atoms with Crippen molar-refractivity contribution in [2.75, 3.05) is 0 Å². The second-order valence-electron chi connectivity index (χ2n) is 4.49. The number of rotatable bonds is 3. The van der Waals surface area contributed by atoms with E-state index in [1.54, 1.807) is 0 Å². The van der Waals surface area contributed by atoms with Gasteiger partial charge >= 0.3 is 0 Å². The summed E-state index contributed by atoms with van der Waals surface area (Å²) >= 11 is 6.18. The third kappa shape index (κ3) is 2.33. The molecule has 1 nitrogen and oxygen atoms in total. The lowest BCUT2D eigenvalue weighted by Gasteiger charge is -2.23. The van der Waals surface area contributed by atoms with Crippen LogP contribution in [0.2, 0.25) is 0 Å². The van der Waals surface area contributed by atoms with E-state index < -0.39 is 6.04 Å². The van der Waals surface area contributed by atoms with Gasteiger partial charge in [0.05, 0.1) is 0 Å². The summed E-state index contributed by atoms with van der Waals surface area (Å²) in [7, 11) is 0. The second kappa shape index (κ2) is 5.70. The van der Waals surface area contributed by atoms with Crippen LogP contribution in [0, 0.1) is 0 Å². The SMILES string of the molecule is S=P(c1ccccc1)(c1ccccc1)c1ccncc1. The van der Waals surface area contributed by atoms with Crippen LogP contribution in [0.25, 0.3) is 0 Å². The fraction of sp³-hybridized carbons (Fsp3) is 0. The predicted molar refractivity (Wildman–Crippen MR) is 90.3 cm³/mol. The van der Waals surface area contributed by atoms with E-state index in [0.29, 0.717) is 0 Å². The summed E-state index contributed by atoms with van der Waals surface area (Å²) in [4.78, 5) is 4.12. The van der Waals surface area contributed by atoms with Crippen molar-refractivity contribution >= 4 is 33.8 Å². The van der Waals surface area contributed by atoms with Crippen LogP contribution in [-0.2, 0) is 11.8 Å². The van der Waals surface area contributed by atoms with Gasteiger partial charge in [-0.15, -0.1) is 0 Å². The van der Waals surface area contributed by atoms with Gasteiger partial charge in [-0.1, -0.05) is 72.5 Å². The van der Waals surface area contributed by atoms with Crippen molar-refractivity contribution in [2.24, 2.45) is 0 Å². The molecule has 0 atom stereocenters. The highest BCUT2D eigenvalue weighted by Crippen LogP contribution is 2.42. The van der Waals surface area contributed by atoms with Crippen LogP contribution in [0.15, 0.2) is 85.2 Å². The van der Waals surface area contributed by atoms with E-state index in [0.717, 1.165) is 0 Å². The van der Waals surface area contributed by atoms with E-state index >= 15 is 0 Å². The molecule has 1 aromatic heterocycles. The Morgan fingerprint density at radius 1 is 0.600 bits per heavy atom. The first kappa shape index (κ1) is 13.2. The van der Waals surface area contributed by atoms with Crippen molar-refractivity contribution in [1.29, 1.82) is 0 Å². The minimum Gasteiger partial charge on any atom is -0.265 e. The smallest absolute Gasteiger partial charge is 0.0380 e. The van der Waals surface area contributed by atoms with Crippen LogP contribution in [0.4, 0.5) is 0 Å². The van der Waals surface area contributed by atoms with E-state index in [9.17, 15) is 0 Å². The van der Waals surface area contributed by atoms with Gasteiger partial charge in [-0.05, 0) is 28.0 Å². The minimum atomic E-state index is -1.98. The largest absolute Gasteiger partial charge is 0.265 e. The van der Waals surface area contributed by atoms with E-state index in [-0.39, 0.29) is 0 Å². The molecule has 3 rings (SSSR count). The average molecular weight is 295 g/mol. The maximum absolute atomic E-state index is 6.18. The average Bonchev–Trinajstić information content (AvgIpc) is 2.56. The Hall–Kier alpha value is -1.76. The lowest BCUT2D eigenvalue weighted by Crippen LogP contribution is -2.24. The lowest BCUT2D eigenvalue weighted by atomic mass is 10.4. The van der Waals surface area contributed by atoms with Crippen LogP contribution in [0.3, 0.4) is 0 Å². The Morgan fingerprint density at radius 2 is 1.00 bits per heavy atom. The molecule has 0 bridgehead atoms. The number of benzene rings is 2. The van der Waals surface area contributed by atoms with Crippen molar-refractivity contribution in [3.63, 3.8) is 0 Å². The molecule has 0 amide bonds. The predicted octanol–water partition coefficient (Wildman–Crippen LogP) is 2.84. The van der Waals surface area contributed by atoms with Gasteiger partial charge in [0, 0.05) is 18.4 Å². The third-order valence-corrected chi connectivity index (χ3v) is 8.24. The molecule has 0 spiro atoms. The van der Waals surface area contributed by atoms with Crippen molar-refractivity contribution in [1.82, 2.24) is 4.98 Å². The van der Waals surface area contributed by atoms with Gasteiger partial charge in [0.15, 0.2) is 0 Å². The topological polar surface area (TPSA) is 12.9 Å². The number of aromatic nitrogens is 1. The molecule has 0 aliphatic rings. The minimum absolute atomic E-state index is 1.18. The van der Waals surface area contributed by atoms with Gasteiger partial charge in [0.25, 0.3) is 0 Å². The maximum atomic E-state index is 6.18. The zero-order valence-electron chi connectivity index (χ0n) is 10.9. The van der Waals surface area contributed by atoms with Crippen LogP contribution in [0.5, 0.6) is 0 Å². The monoisotopic (exact) mass is 295 g/mol. The van der Waals surface area contributed by atoms with Gasteiger partial charge in [0.2, 0.25) is 0 Å². The molecule has 98 valence electrons. The lowest BCUT2D eigenvalue weighted by molar-refractivity contribution is 1.34. The summed E-state index contributed by atoms with van der Waals surface area (Å²) in [6.45, 7) is 0. The molecule has 0 unspecified atom stereocenters. The molecule has 0 aliphatic heterocycles. The van der Waals surface area contributed by atoms with Gasteiger partial charge in [-0.25, -0.2) is 0 Å². The quantitative estimate of drug-likeness (QED) is 0.689. The summed E-state index contributed by atoms with van der Waals surface area (Å²) in [6, 6.07) is 22.9. The van der Waals surface area contributed by atoms with Crippen molar-refractivity contribution < 1.29 is 0 Å². The molecule has 0 saturated carbocycles. The molecule has 1 heterocycles. The van der Waals surface area contributed by atoms with Gasteiger partial charge in [0.1, 0.15) is 0 Å². The molecule has 0 aliphatic carbocycles. The van der Waals surface area contributed by atoms with Crippen LogP contribution >= 0.6 is 6.04 Å². The maximum Gasteiger partial charge on any atom is 0.0380 e. The summed E-state index contributed by atoms with van der Waals surface area (Å²) in [5.41, 5.74) is 0. The Kier molecular flexibility index (Phi) is 3.77. The van der Waals surface area contributed by atoms with E-state index in [4.69, 9.17) is 11.8 Å². The summed E-state index contributed by atoms with van der Waals surface area (Å²) in [5, 5.41) is 3.61. The highest BCUT2D eigenvalue weighted by molar-refractivity contribution is 8.25. The Morgan fingerprint density at radius 3 is 1.45 bits per heavy atom. The number of hydrogen-bond acceptors (Lipinski definition) is 2. The molecule has 0 saturated heterocycles. The number of nitrogens with zero attached hydrogens (tertiary/aromatic N) is 1. The molecule has 0 fully saturated rings. The fourth-order valence-electron chi connectivity index (χ4n) is 2.28. The molecule has 20 heavy (non-hydrogen) atoms. The first-order chi connectivity index (χ1) is 9.82. The van der Waals surface area contributed by atoms with Crippen LogP contribution < -0.4 is 15.9 Å². The highest BCUT2D eigenvalue weighted by atomic mass is 32.4. The highest BCUT2D eigenvalue weighted by Gasteiger charge is 2.24. The third-order valence-electron chi connectivity index (χ3n) is 3.27. The summed E-state index contributed by atoms with van der Waals surface area (Å²) < 4.78 is 0. The van der Waals surface area contributed by atoms with E-state index in [2.05, 4.69) is 53.5 Å². The molecule has 0 N–H and O–H groups in total. The van der Waals surface area contributed by atoms with Crippen molar-refractivity contribution in [3.05, 3.63) is 85.2 Å². The fourth-order valence-corrected chi connectivity index (χ4v) is 6.00. The Labute approximate surface area is 124 Å². The standard InChI is InChI=1S/C17H14NPS/c20-19(15-7-3-1-4-8-15,16-9-5-2-6-10-16)17-11-13-18-14-12-17/h1-14H. The van der Waals surface area contributed by atoms with E-state index in [1.807, 2.05) is 36.7 Å². The van der Waals surface area contributed by atoms with Gasteiger partial charge < -0.3 is 0 Å². The molecular formula is C17H14NPS. The molecule has 2 aromatic carbocycles. The van der Waals surface area contributed by atoms with Gasteiger partial charge in [-0.2, -0.15) is 0 Å². The van der Waals surface area contributed by atoms with Crippen LogP contribution in [0.1, 0.15) is 0 Å². The Bertz CT molecular complexity index is 623. The number of hydrogen-bond donors (Lipinski definition) is 0. The summed E-state index contributed by atoms with van der Waals surface area (Å²) in [5.74, 6) is 0.